The molecule has 0 amide bonds. The zero-order valence-electron chi connectivity index (χ0n) is 10.2. The molecule has 19 heavy (non-hydrogen) atoms. The molecule has 0 aliphatic heterocycles. The van der Waals surface area contributed by atoms with Gasteiger partial charge in [0.15, 0.2) is 9.84 Å². The van der Waals surface area contributed by atoms with Gasteiger partial charge in [0.25, 0.3) is 0 Å². The van der Waals surface area contributed by atoms with Gasteiger partial charge < -0.3 is 5.73 Å². The standard InChI is InChI=1S/C11H13FN4O2S/c1-2-16-11(14-7-15-16)6-19(17,18)10-4-3-8(13)5-9(10)12/h3-5,7H,2,6,13H2,1H3. The van der Waals surface area contributed by atoms with E-state index in [0.717, 1.165) is 12.1 Å². The molecule has 1 aromatic carbocycles. The number of aromatic nitrogens is 3. The first-order chi connectivity index (χ1) is 8.94. The molecule has 0 aliphatic rings. The highest BCUT2D eigenvalue weighted by atomic mass is 32.2. The molecule has 2 rings (SSSR count). The van der Waals surface area contributed by atoms with Gasteiger partial charge in [0.2, 0.25) is 0 Å². The molecule has 0 radical (unpaired) electrons. The maximum Gasteiger partial charge on any atom is 0.188 e. The second kappa shape index (κ2) is 4.96. The third-order valence-corrected chi connectivity index (χ3v) is 4.24. The van der Waals surface area contributed by atoms with Crippen molar-refractivity contribution in [1.29, 1.82) is 0 Å². The summed E-state index contributed by atoms with van der Waals surface area (Å²) in [4.78, 5) is 3.49. The number of hydrogen-bond acceptors (Lipinski definition) is 5. The number of halogens is 1. The van der Waals surface area contributed by atoms with E-state index in [1.807, 2.05) is 6.92 Å². The van der Waals surface area contributed by atoms with E-state index in [1.54, 1.807) is 0 Å². The van der Waals surface area contributed by atoms with Crippen LogP contribution >= 0.6 is 0 Å². The Morgan fingerprint density at radius 2 is 2.16 bits per heavy atom. The molecule has 0 saturated heterocycles. The van der Waals surface area contributed by atoms with E-state index in [9.17, 15) is 12.8 Å². The Morgan fingerprint density at radius 1 is 1.42 bits per heavy atom. The normalized spacial score (nSPS) is 11.7. The first-order valence-corrected chi connectivity index (χ1v) is 7.23. The van der Waals surface area contributed by atoms with E-state index >= 15 is 0 Å². The minimum absolute atomic E-state index is 0.174. The third-order valence-electron chi connectivity index (χ3n) is 2.61. The average molecular weight is 284 g/mol. The van der Waals surface area contributed by atoms with Crippen LogP contribution in [-0.2, 0) is 22.1 Å². The molecule has 0 atom stereocenters. The largest absolute Gasteiger partial charge is 0.399 e. The average Bonchev–Trinajstić information content (AvgIpc) is 2.74. The Morgan fingerprint density at radius 3 is 2.79 bits per heavy atom. The molecular formula is C11H13FN4O2S. The van der Waals surface area contributed by atoms with Crippen molar-refractivity contribution in [2.75, 3.05) is 5.73 Å². The van der Waals surface area contributed by atoms with Crippen molar-refractivity contribution in [2.45, 2.75) is 24.1 Å². The zero-order valence-corrected chi connectivity index (χ0v) is 11.1. The van der Waals surface area contributed by atoms with Crippen molar-refractivity contribution in [1.82, 2.24) is 14.8 Å². The van der Waals surface area contributed by atoms with Gasteiger partial charge in [-0.1, -0.05) is 0 Å². The Kier molecular flexibility index (Phi) is 3.52. The number of benzene rings is 1. The lowest BCUT2D eigenvalue weighted by Crippen LogP contribution is -2.12. The molecule has 0 unspecified atom stereocenters. The van der Waals surface area contributed by atoms with Gasteiger partial charge in [0, 0.05) is 12.2 Å². The predicted octanol–water partition coefficient (Wildman–Crippen LogP) is 0.993. The SMILES string of the molecule is CCn1ncnc1CS(=O)(=O)c1ccc(N)cc1F. The molecule has 6 nitrogen and oxygen atoms in total. The van der Waals surface area contributed by atoms with Crippen LogP contribution in [0.3, 0.4) is 0 Å². The highest BCUT2D eigenvalue weighted by molar-refractivity contribution is 7.90. The van der Waals surface area contributed by atoms with Crippen LogP contribution in [0.4, 0.5) is 10.1 Å². The van der Waals surface area contributed by atoms with Crippen molar-refractivity contribution < 1.29 is 12.8 Å². The summed E-state index contributed by atoms with van der Waals surface area (Å²) in [7, 11) is -3.82. The van der Waals surface area contributed by atoms with Gasteiger partial charge in [-0.15, -0.1) is 0 Å². The van der Waals surface area contributed by atoms with Crippen molar-refractivity contribution in [3.05, 3.63) is 36.2 Å². The summed E-state index contributed by atoms with van der Waals surface area (Å²) in [6, 6.07) is 3.49. The van der Waals surface area contributed by atoms with Crippen molar-refractivity contribution in [3.63, 3.8) is 0 Å². The topological polar surface area (TPSA) is 90.9 Å². The van der Waals surface area contributed by atoms with Crippen LogP contribution in [0.2, 0.25) is 0 Å². The molecule has 2 N–H and O–H groups in total. The third kappa shape index (κ3) is 2.73. The Hall–Kier alpha value is -1.96. The predicted molar refractivity (Wildman–Crippen MR) is 67.4 cm³/mol. The number of nitrogens with zero attached hydrogens (tertiary/aromatic N) is 3. The van der Waals surface area contributed by atoms with E-state index in [1.165, 1.54) is 17.1 Å². The first kappa shape index (κ1) is 13.5. The van der Waals surface area contributed by atoms with Crippen molar-refractivity contribution in [3.8, 4) is 0 Å². The summed E-state index contributed by atoms with van der Waals surface area (Å²) in [5.74, 6) is -0.983. The minimum Gasteiger partial charge on any atom is -0.399 e. The van der Waals surface area contributed by atoms with E-state index in [4.69, 9.17) is 5.73 Å². The summed E-state index contributed by atoms with van der Waals surface area (Å²) in [6.07, 6.45) is 1.27. The molecule has 0 aliphatic carbocycles. The van der Waals surface area contributed by atoms with Gasteiger partial charge >= 0.3 is 0 Å². The molecule has 102 valence electrons. The quantitative estimate of drug-likeness (QED) is 0.845. The van der Waals surface area contributed by atoms with Crippen LogP contribution in [-0.4, -0.2) is 23.2 Å². The monoisotopic (exact) mass is 284 g/mol. The number of aryl methyl sites for hydroxylation is 1. The molecule has 0 saturated carbocycles. The Labute approximate surface area is 110 Å². The van der Waals surface area contributed by atoms with E-state index < -0.39 is 21.4 Å². The molecule has 1 heterocycles. The van der Waals surface area contributed by atoms with Crippen LogP contribution < -0.4 is 5.73 Å². The van der Waals surface area contributed by atoms with E-state index in [0.29, 0.717) is 6.54 Å². The van der Waals surface area contributed by atoms with Gasteiger partial charge in [-0.2, -0.15) is 5.10 Å². The Bertz CT molecular complexity index is 696. The number of sulfone groups is 1. The Balaban J connectivity index is 2.38. The zero-order chi connectivity index (χ0) is 14.0. The molecule has 0 fully saturated rings. The number of hydrogen-bond donors (Lipinski definition) is 1. The minimum atomic E-state index is -3.82. The number of rotatable bonds is 4. The fraction of sp³-hybridized carbons (Fsp3) is 0.273. The van der Waals surface area contributed by atoms with Crippen LogP contribution in [0.25, 0.3) is 0 Å². The van der Waals surface area contributed by atoms with Gasteiger partial charge in [-0.3, -0.25) is 0 Å². The van der Waals surface area contributed by atoms with Gasteiger partial charge in [-0.25, -0.2) is 22.5 Å². The lowest BCUT2D eigenvalue weighted by atomic mass is 10.3. The number of anilines is 1. The highest BCUT2D eigenvalue weighted by Gasteiger charge is 2.22. The van der Waals surface area contributed by atoms with Crippen molar-refractivity contribution >= 4 is 15.5 Å². The van der Waals surface area contributed by atoms with Crippen molar-refractivity contribution in [2.24, 2.45) is 0 Å². The lowest BCUT2D eigenvalue weighted by molar-refractivity contribution is 0.561. The number of nitrogens with two attached hydrogens (primary N) is 1. The summed E-state index contributed by atoms with van der Waals surface area (Å²) >= 11 is 0. The first-order valence-electron chi connectivity index (χ1n) is 5.58. The summed E-state index contributed by atoms with van der Waals surface area (Å²) in [6.45, 7) is 2.31. The van der Waals surface area contributed by atoms with Gasteiger partial charge in [-0.05, 0) is 25.1 Å². The van der Waals surface area contributed by atoms with E-state index in [-0.39, 0.29) is 16.4 Å². The second-order valence-electron chi connectivity index (χ2n) is 3.94. The molecule has 0 spiro atoms. The fourth-order valence-electron chi connectivity index (χ4n) is 1.68. The number of nitrogen functional groups attached to an aromatic ring is 1. The smallest absolute Gasteiger partial charge is 0.188 e. The van der Waals surface area contributed by atoms with Crippen LogP contribution in [0.15, 0.2) is 29.4 Å². The van der Waals surface area contributed by atoms with Crippen LogP contribution in [0, 0.1) is 5.82 Å². The summed E-state index contributed by atoms with van der Waals surface area (Å²) in [5.41, 5.74) is 5.57. The maximum absolute atomic E-state index is 13.7. The molecular weight excluding hydrogens is 271 g/mol. The molecule has 2 aromatic rings. The molecule has 8 heteroatoms. The second-order valence-corrected chi connectivity index (χ2v) is 5.90. The molecule has 1 aromatic heterocycles. The molecule has 0 bridgehead atoms. The van der Waals surface area contributed by atoms with E-state index in [2.05, 4.69) is 10.1 Å². The highest BCUT2D eigenvalue weighted by Crippen LogP contribution is 2.20. The maximum atomic E-state index is 13.7. The van der Waals surface area contributed by atoms with Crippen LogP contribution in [0.1, 0.15) is 12.7 Å². The summed E-state index contributed by atoms with van der Waals surface area (Å²) < 4.78 is 39.4. The van der Waals surface area contributed by atoms with Crippen LogP contribution in [0.5, 0.6) is 0 Å². The summed E-state index contributed by atoms with van der Waals surface area (Å²) in [5, 5.41) is 3.88. The fourth-order valence-corrected chi connectivity index (χ4v) is 3.03. The van der Waals surface area contributed by atoms with Gasteiger partial charge in [0.05, 0.1) is 0 Å². The lowest BCUT2D eigenvalue weighted by Gasteiger charge is -2.06. The van der Waals surface area contributed by atoms with Gasteiger partial charge in [0.1, 0.15) is 28.6 Å².